The number of hydrogen-bond acceptors (Lipinski definition) is 6. The van der Waals surface area contributed by atoms with Gasteiger partial charge in [-0.25, -0.2) is 0 Å². The number of rotatable bonds is 4. The van der Waals surface area contributed by atoms with Gasteiger partial charge in [-0.3, -0.25) is 0 Å². The second kappa shape index (κ2) is 5.86. The monoisotopic (exact) mass is 253 g/mol. The van der Waals surface area contributed by atoms with Crippen LogP contribution in [0.15, 0.2) is 6.07 Å². The van der Waals surface area contributed by atoms with Gasteiger partial charge in [0, 0.05) is 6.54 Å². The zero-order chi connectivity index (χ0) is 13.0. The van der Waals surface area contributed by atoms with Crippen LogP contribution in [0.4, 0.5) is 5.95 Å². The zero-order valence-corrected chi connectivity index (χ0v) is 10.8. The van der Waals surface area contributed by atoms with Crippen molar-refractivity contribution in [1.29, 1.82) is 0 Å². The number of hydrogen-bond donors (Lipinski definition) is 1. The van der Waals surface area contributed by atoms with Crippen molar-refractivity contribution in [2.75, 3.05) is 32.3 Å². The molecule has 1 fully saturated rings. The first kappa shape index (κ1) is 12.9. The van der Waals surface area contributed by atoms with Crippen LogP contribution in [0.2, 0.25) is 0 Å². The third kappa shape index (κ3) is 2.64. The molecule has 2 rings (SSSR count). The molecule has 0 amide bonds. The molecule has 100 valence electrons. The summed E-state index contributed by atoms with van der Waals surface area (Å²) in [4.78, 5) is 10.7. The average molecular weight is 253 g/mol. The molecule has 1 unspecified atom stereocenters. The van der Waals surface area contributed by atoms with E-state index in [1.54, 1.807) is 20.3 Å². The molecule has 6 heteroatoms. The Bertz CT molecular complexity index is 378. The van der Waals surface area contributed by atoms with E-state index >= 15 is 0 Å². The molecule has 2 heterocycles. The van der Waals surface area contributed by atoms with Gasteiger partial charge in [0.2, 0.25) is 17.7 Å². The van der Waals surface area contributed by atoms with Crippen LogP contribution in [-0.2, 0) is 0 Å². The van der Waals surface area contributed by atoms with Crippen molar-refractivity contribution in [2.24, 2.45) is 0 Å². The van der Waals surface area contributed by atoms with Gasteiger partial charge in [0.05, 0.1) is 32.9 Å². The van der Waals surface area contributed by atoms with Gasteiger partial charge in [-0.15, -0.1) is 0 Å². The fraction of sp³-hybridized carbons (Fsp3) is 0.667. The predicted octanol–water partition coefficient (Wildman–Crippen LogP) is 0.845. The summed E-state index contributed by atoms with van der Waals surface area (Å²) in [6.07, 6.45) is 3.17. The normalized spacial score (nSPS) is 19.7. The maximum Gasteiger partial charge on any atom is 0.232 e. The lowest BCUT2D eigenvalue weighted by Gasteiger charge is -2.34. The average Bonchev–Trinajstić information content (AvgIpc) is 2.46. The Balaban J connectivity index is 2.29. The van der Waals surface area contributed by atoms with E-state index in [4.69, 9.17) is 9.47 Å². The molecular formula is C12H19N3O3. The first-order chi connectivity index (χ1) is 8.78. The summed E-state index contributed by atoms with van der Waals surface area (Å²) in [5.41, 5.74) is 0. The van der Waals surface area contributed by atoms with Gasteiger partial charge >= 0.3 is 0 Å². The third-order valence-corrected chi connectivity index (χ3v) is 3.18. The first-order valence-electron chi connectivity index (χ1n) is 6.13. The number of nitrogens with zero attached hydrogens (tertiary/aromatic N) is 3. The van der Waals surface area contributed by atoms with Crippen molar-refractivity contribution in [1.82, 2.24) is 9.97 Å². The maximum atomic E-state index is 9.42. The molecule has 18 heavy (non-hydrogen) atoms. The summed E-state index contributed by atoms with van der Waals surface area (Å²) in [7, 11) is 3.12. The Labute approximate surface area is 107 Å². The van der Waals surface area contributed by atoms with Crippen LogP contribution in [0.5, 0.6) is 11.8 Å². The summed E-state index contributed by atoms with van der Waals surface area (Å²) in [6, 6.07) is 1.72. The fourth-order valence-corrected chi connectivity index (χ4v) is 2.18. The molecule has 1 saturated heterocycles. The first-order valence-corrected chi connectivity index (χ1v) is 6.13. The van der Waals surface area contributed by atoms with Crippen LogP contribution in [0.25, 0.3) is 0 Å². The standard InChI is InChI=1S/C12H19N3O3/c1-17-10-7-11(18-2)14-12(13-10)15-6-4-3-5-9(15)8-16/h7,9,16H,3-6,8H2,1-2H3. The second-order valence-corrected chi connectivity index (χ2v) is 4.28. The molecule has 1 atom stereocenters. The highest BCUT2D eigenvalue weighted by molar-refractivity contribution is 5.38. The molecule has 1 aliphatic heterocycles. The molecule has 0 spiro atoms. The lowest BCUT2D eigenvalue weighted by molar-refractivity contribution is 0.238. The number of piperidine rings is 1. The quantitative estimate of drug-likeness (QED) is 0.858. The maximum absolute atomic E-state index is 9.42. The van der Waals surface area contributed by atoms with E-state index in [2.05, 4.69) is 9.97 Å². The van der Waals surface area contributed by atoms with Gasteiger partial charge in [0.25, 0.3) is 0 Å². The highest BCUT2D eigenvalue weighted by Gasteiger charge is 2.24. The molecule has 0 radical (unpaired) electrons. The predicted molar refractivity (Wildman–Crippen MR) is 67.2 cm³/mol. The van der Waals surface area contributed by atoms with Crippen molar-refractivity contribution >= 4 is 5.95 Å². The van der Waals surface area contributed by atoms with Crippen molar-refractivity contribution < 1.29 is 14.6 Å². The van der Waals surface area contributed by atoms with E-state index in [1.807, 2.05) is 4.90 Å². The molecule has 1 aromatic rings. The molecule has 1 aromatic heterocycles. The molecule has 6 nitrogen and oxygen atoms in total. The van der Waals surface area contributed by atoms with Crippen molar-refractivity contribution in [3.8, 4) is 11.8 Å². The summed E-state index contributed by atoms with van der Waals surface area (Å²) >= 11 is 0. The van der Waals surface area contributed by atoms with Gasteiger partial charge in [0.15, 0.2) is 0 Å². The number of aliphatic hydroxyl groups excluding tert-OH is 1. The lowest BCUT2D eigenvalue weighted by atomic mass is 10.0. The SMILES string of the molecule is COc1cc(OC)nc(N2CCCCC2CO)n1. The van der Waals surface area contributed by atoms with Crippen LogP contribution < -0.4 is 14.4 Å². The second-order valence-electron chi connectivity index (χ2n) is 4.28. The molecule has 0 aromatic carbocycles. The third-order valence-electron chi connectivity index (χ3n) is 3.18. The van der Waals surface area contributed by atoms with Crippen LogP contribution in [0.3, 0.4) is 0 Å². The Kier molecular flexibility index (Phi) is 4.19. The van der Waals surface area contributed by atoms with Gasteiger partial charge in [0.1, 0.15) is 0 Å². The zero-order valence-electron chi connectivity index (χ0n) is 10.8. The minimum Gasteiger partial charge on any atom is -0.481 e. The van der Waals surface area contributed by atoms with E-state index in [0.29, 0.717) is 17.7 Å². The Morgan fingerprint density at radius 1 is 1.28 bits per heavy atom. The van der Waals surface area contributed by atoms with Gasteiger partial charge in [-0.05, 0) is 19.3 Å². The molecule has 1 aliphatic rings. The van der Waals surface area contributed by atoms with E-state index in [1.165, 1.54) is 0 Å². The molecule has 0 bridgehead atoms. The van der Waals surface area contributed by atoms with Gasteiger partial charge in [-0.2, -0.15) is 9.97 Å². The summed E-state index contributed by atoms with van der Waals surface area (Å²) in [5.74, 6) is 1.50. The number of anilines is 1. The van der Waals surface area contributed by atoms with Crippen molar-refractivity contribution in [2.45, 2.75) is 25.3 Å². The molecule has 1 N–H and O–H groups in total. The number of aliphatic hydroxyl groups is 1. The van der Waals surface area contributed by atoms with E-state index in [-0.39, 0.29) is 12.6 Å². The van der Waals surface area contributed by atoms with Crippen LogP contribution in [-0.4, -0.2) is 48.5 Å². The number of ether oxygens (including phenoxy) is 2. The van der Waals surface area contributed by atoms with Gasteiger partial charge < -0.3 is 19.5 Å². The smallest absolute Gasteiger partial charge is 0.232 e. The van der Waals surface area contributed by atoms with Crippen LogP contribution >= 0.6 is 0 Å². The van der Waals surface area contributed by atoms with Gasteiger partial charge in [-0.1, -0.05) is 0 Å². The van der Waals surface area contributed by atoms with Crippen LogP contribution in [0, 0.1) is 0 Å². The summed E-state index contributed by atoms with van der Waals surface area (Å²) in [5, 5.41) is 9.42. The number of aromatic nitrogens is 2. The summed E-state index contributed by atoms with van der Waals surface area (Å²) in [6.45, 7) is 0.963. The Morgan fingerprint density at radius 3 is 2.50 bits per heavy atom. The largest absolute Gasteiger partial charge is 0.481 e. The summed E-state index contributed by atoms with van der Waals surface area (Å²) < 4.78 is 10.3. The highest BCUT2D eigenvalue weighted by Crippen LogP contribution is 2.25. The minimum atomic E-state index is 0.0792. The van der Waals surface area contributed by atoms with Crippen molar-refractivity contribution in [3.05, 3.63) is 6.07 Å². The highest BCUT2D eigenvalue weighted by atomic mass is 16.5. The Hall–Kier alpha value is -1.56. The minimum absolute atomic E-state index is 0.0792. The molecule has 0 aliphatic carbocycles. The van der Waals surface area contributed by atoms with E-state index < -0.39 is 0 Å². The number of methoxy groups -OCH3 is 2. The fourth-order valence-electron chi connectivity index (χ4n) is 2.18. The van der Waals surface area contributed by atoms with E-state index in [9.17, 15) is 5.11 Å². The van der Waals surface area contributed by atoms with Crippen LogP contribution in [0.1, 0.15) is 19.3 Å². The van der Waals surface area contributed by atoms with E-state index in [0.717, 1.165) is 25.8 Å². The Morgan fingerprint density at radius 2 is 1.94 bits per heavy atom. The lowest BCUT2D eigenvalue weighted by Crippen LogP contribution is -2.42. The topological polar surface area (TPSA) is 67.7 Å². The molecule has 0 saturated carbocycles. The van der Waals surface area contributed by atoms with Crippen molar-refractivity contribution in [3.63, 3.8) is 0 Å². The molecular weight excluding hydrogens is 234 g/mol.